The van der Waals surface area contributed by atoms with Crippen molar-refractivity contribution >= 4 is 27.7 Å². The van der Waals surface area contributed by atoms with Gasteiger partial charge in [0.25, 0.3) is 0 Å². The van der Waals surface area contributed by atoms with Gasteiger partial charge in [0.2, 0.25) is 0 Å². The fourth-order valence-electron chi connectivity index (χ4n) is 1.54. The molecule has 2 heterocycles. The summed E-state index contributed by atoms with van der Waals surface area (Å²) < 4.78 is 1.11. The standard InChI is InChI=1S/C10H13BrN2S/c11-9-4-2-6-13-10(9)14-8-3-1-5-12-7-8/h2,4,6,8,12H,1,3,5,7H2. The molecule has 1 fully saturated rings. The summed E-state index contributed by atoms with van der Waals surface area (Å²) in [6.45, 7) is 2.27. The number of nitrogens with one attached hydrogen (secondary N) is 1. The normalized spacial score (nSPS) is 22.2. The average Bonchev–Trinajstić information content (AvgIpc) is 2.23. The molecule has 0 amide bonds. The number of rotatable bonds is 2. The smallest absolute Gasteiger partial charge is 0.110 e. The number of nitrogens with zero attached hydrogens (tertiary/aromatic N) is 1. The minimum Gasteiger partial charge on any atom is -0.316 e. The number of aromatic nitrogens is 1. The number of pyridine rings is 1. The summed E-state index contributed by atoms with van der Waals surface area (Å²) in [7, 11) is 0. The topological polar surface area (TPSA) is 24.9 Å². The molecule has 0 spiro atoms. The molecule has 0 aliphatic carbocycles. The molecule has 0 radical (unpaired) electrons. The van der Waals surface area contributed by atoms with Crippen LogP contribution in [0, 0.1) is 0 Å². The number of thioether (sulfide) groups is 1. The van der Waals surface area contributed by atoms with E-state index in [1.165, 1.54) is 19.4 Å². The van der Waals surface area contributed by atoms with Crippen molar-refractivity contribution < 1.29 is 0 Å². The molecule has 2 nitrogen and oxygen atoms in total. The number of hydrogen-bond acceptors (Lipinski definition) is 3. The Morgan fingerprint density at radius 2 is 2.50 bits per heavy atom. The minimum absolute atomic E-state index is 0.676. The minimum atomic E-state index is 0.676. The third-order valence-corrected chi connectivity index (χ3v) is 4.44. The monoisotopic (exact) mass is 272 g/mol. The van der Waals surface area contributed by atoms with Gasteiger partial charge in [-0.3, -0.25) is 0 Å². The third-order valence-electron chi connectivity index (χ3n) is 2.25. The largest absolute Gasteiger partial charge is 0.316 e. The van der Waals surface area contributed by atoms with E-state index >= 15 is 0 Å². The zero-order valence-corrected chi connectivity index (χ0v) is 10.3. The molecule has 76 valence electrons. The Morgan fingerprint density at radius 1 is 1.57 bits per heavy atom. The second-order valence-corrected chi connectivity index (χ2v) is 5.52. The molecule has 1 saturated heterocycles. The van der Waals surface area contributed by atoms with E-state index in [-0.39, 0.29) is 0 Å². The third kappa shape index (κ3) is 2.72. The average molecular weight is 273 g/mol. The fourth-order valence-corrected chi connectivity index (χ4v) is 3.18. The lowest BCUT2D eigenvalue weighted by molar-refractivity contribution is 0.531. The molecule has 2 rings (SSSR count). The van der Waals surface area contributed by atoms with Gasteiger partial charge in [-0.1, -0.05) is 0 Å². The highest BCUT2D eigenvalue weighted by Gasteiger charge is 2.15. The zero-order valence-electron chi connectivity index (χ0n) is 7.87. The molecule has 1 atom stereocenters. The molecular formula is C10H13BrN2S. The molecule has 1 aliphatic rings. The first-order valence-electron chi connectivity index (χ1n) is 4.84. The Kier molecular flexibility index (Phi) is 3.84. The highest BCUT2D eigenvalue weighted by atomic mass is 79.9. The Morgan fingerprint density at radius 3 is 3.21 bits per heavy atom. The van der Waals surface area contributed by atoms with E-state index < -0.39 is 0 Å². The maximum atomic E-state index is 4.36. The quantitative estimate of drug-likeness (QED) is 0.896. The molecule has 1 aromatic heterocycles. The summed E-state index contributed by atoms with van der Waals surface area (Å²) in [4.78, 5) is 4.36. The van der Waals surface area contributed by atoms with Crippen molar-refractivity contribution in [2.75, 3.05) is 13.1 Å². The van der Waals surface area contributed by atoms with Crippen molar-refractivity contribution in [3.8, 4) is 0 Å². The summed E-state index contributed by atoms with van der Waals surface area (Å²) in [6.07, 6.45) is 4.42. The Balaban J connectivity index is 1.99. The molecule has 0 saturated carbocycles. The van der Waals surface area contributed by atoms with Crippen LogP contribution in [0.25, 0.3) is 0 Å². The van der Waals surface area contributed by atoms with Crippen molar-refractivity contribution in [2.45, 2.75) is 23.1 Å². The first-order valence-corrected chi connectivity index (χ1v) is 6.51. The first kappa shape index (κ1) is 10.5. The van der Waals surface area contributed by atoms with Crippen LogP contribution in [0.4, 0.5) is 0 Å². The van der Waals surface area contributed by atoms with Crippen LogP contribution in [-0.2, 0) is 0 Å². The summed E-state index contributed by atoms with van der Waals surface area (Å²) in [5, 5.41) is 5.20. The highest BCUT2D eigenvalue weighted by Crippen LogP contribution is 2.30. The van der Waals surface area contributed by atoms with E-state index in [1.807, 2.05) is 30.1 Å². The maximum absolute atomic E-state index is 4.36. The van der Waals surface area contributed by atoms with Gasteiger partial charge in [-0.15, -0.1) is 11.8 Å². The van der Waals surface area contributed by atoms with Gasteiger partial charge in [-0.2, -0.15) is 0 Å². The predicted octanol–water partition coefficient (Wildman–Crippen LogP) is 2.69. The van der Waals surface area contributed by atoms with Crippen molar-refractivity contribution in [2.24, 2.45) is 0 Å². The summed E-state index contributed by atoms with van der Waals surface area (Å²) in [5.41, 5.74) is 0. The van der Waals surface area contributed by atoms with E-state index in [9.17, 15) is 0 Å². The number of piperidine rings is 1. The van der Waals surface area contributed by atoms with Crippen LogP contribution in [0.15, 0.2) is 27.8 Å². The summed E-state index contributed by atoms with van der Waals surface area (Å²) >= 11 is 5.39. The van der Waals surface area contributed by atoms with E-state index in [2.05, 4.69) is 26.2 Å². The van der Waals surface area contributed by atoms with Gasteiger partial charge in [0.05, 0.1) is 0 Å². The van der Waals surface area contributed by atoms with Gasteiger partial charge in [0.15, 0.2) is 0 Å². The molecule has 1 unspecified atom stereocenters. The van der Waals surface area contributed by atoms with Crippen LogP contribution in [0.3, 0.4) is 0 Å². The van der Waals surface area contributed by atoms with Gasteiger partial charge in [-0.25, -0.2) is 4.98 Å². The lowest BCUT2D eigenvalue weighted by Gasteiger charge is -2.21. The van der Waals surface area contributed by atoms with Crippen LogP contribution in [0.1, 0.15) is 12.8 Å². The van der Waals surface area contributed by atoms with Crippen LogP contribution >= 0.6 is 27.7 Å². The van der Waals surface area contributed by atoms with E-state index in [4.69, 9.17) is 0 Å². The van der Waals surface area contributed by atoms with E-state index in [1.54, 1.807) is 0 Å². The van der Waals surface area contributed by atoms with E-state index in [0.29, 0.717) is 5.25 Å². The molecule has 4 heteroatoms. The predicted molar refractivity (Wildman–Crippen MR) is 63.7 cm³/mol. The molecule has 1 N–H and O–H groups in total. The van der Waals surface area contributed by atoms with Gasteiger partial charge in [-0.05, 0) is 47.4 Å². The number of halogens is 1. The second-order valence-electron chi connectivity index (χ2n) is 3.38. The molecule has 1 aromatic rings. The summed E-state index contributed by atoms with van der Waals surface area (Å²) in [6, 6.07) is 4.00. The van der Waals surface area contributed by atoms with Crippen molar-refractivity contribution in [1.82, 2.24) is 10.3 Å². The molecule has 0 aromatic carbocycles. The molecule has 1 aliphatic heterocycles. The zero-order chi connectivity index (χ0) is 9.80. The number of hydrogen-bond donors (Lipinski definition) is 1. The van der Waals surface area contributed by atoms with Crippen LogP contribution < -0.4 is 5.32 Å². The lowest BCUT2D eigenvalue weighted by atomic mass is 10.2. The van der Waals surface area contributed by atoms with Crippen LogP contribution in [0.2, 0.25) is 0 Å². The molecule has 0 bridgehead atoms. The van der Waals surface area contributed by atoms with Crippen molar-refractivity contribution in [3.63, 3.8) is 0 Å². The maximum Gasteiger partial charge on any atom is 0.110 e. The molecule has 14 heavy (non-hydrogen) atoms. The van der Waals surface area contributed by atoms with E-state index in [0.717, 1.165) is 16.0 Å². The van der Waals surface area contributed by atoms with Gasteiger partial charge < -0.3 is 5.32 Å². The van der Waals surface area contributed by atoms with Gasteiger partial charge in [0.1, 0.15) is 5.03 Å². The molecular weight excluding hydrogens is 260 g/mol. The Hall–Kier alpha value is -0.0600. The second kappa shape index (κ2) is 5.14. The Labute approximate surface area is 97.0 Å². The Bertz CT molecular complexity index is 300. The summed E-state index contributed by atoms with van der Waals surface area (Å²) in [5.74, 6) is 0. The first-order chi connectivity index (χ1) is 6.86. The van der Waals surface area contributed by atoms with Crippen LogP contribution in [-0.4, -0.2) is 23.3 Å². The van der Waals surface area contributed by atoms with Crippen molar-refractivity contribution in [1.29, 1.82) is 0 Å². The van der Waals surface area contributed by atoms with Gasteiger partial charge in [0, 0.05) is 22.5 Å². The fraction of sp³-hybridized carbons (Fsp3) is 0.500. The van der Waals surface area contributed by atoms with Crippen LogP contribution in [0.5, 0.6) is 0 Å². The SMILES string of the molecule is Brc1cccnc1SC1CCCNC1. The lowest BCUT2D eigenvalue weighted by Crippen LogP contribution is -2.31. The highest BCUT2D eigenvalue weighted by molar-refractivity contribution is 9.10. The van der Waals surface area contributed by atoms with Crippen molar-refractivity contribution in [3.05, 3.63) is 22.8 Å². The van der Waals surface area contributed by atoms with Gasteiger partial charge >= 0.3 is 0 Å².